The highest BCUT2D eigenvalue weighted by Gasteiger charge is 2.13. The third-order valence-corrected chi connectivity index (χ3v) is 4.67. The van der Waals surface area contributed by atoms with Crippen LogP contribution in [0.1, 0.15) is 24.8 Å². The lowest BCUT2D eigenvalue weighted by Gasteiger charge is -2.27. The smallest absolute Gasteiger partial charge is 0.133 e. The fourth-order valence-corrected chi connectivity index (χ4v) is 3.35. The number of rotatable bonds is 4. The first kappa shape index (κ1) is 15.2. The summed E-state index contributed by atoms with van der Waals surface area (Å²) in [7, 11) is 0. The molecule has 0 bridgehead atoms. The number of benzene rings is 1. The van der Waals surface area contributed by atoms with E-state index in [0.29, 0.717) is 11.3 Å². The van der Waals surface area contributed by atoms with E-state index in [0.717, 1.165) is 36.1 Å². The molecule has 0 N–H and O–H groups in total. The number of nitrogens with zero attached hydrogens (tertiary/aromatic N) is 3. The summed E-state index contributed by atoms with van der Waals surface area (Å²) in [5.74, 6) is 0.449. The maximum absolute atomic E-state index is 13.6. The van der Waals surface area contributed by atoms with Gasteiger partial charge >= 0.3 is 0 Å². The van der Waals surface area contributed by atoms with Crippen LogP contribution in [0.25, 0.3) is 0 Å². The maximum Gasteiger partial charge on any atom is 0.133 e. The molecule has 116 valence electrons. The number of thioether (sulfide) groups is 1. The van der Waals surface area contributed by atoms with E-state index < -0.39 is 5.82 Å². The summed E-state index contributed by atoms with van der Waals surface area (Å²) in [5, 5.41) is 0.777. The predicted molar refractivity (Wildman–Crippen MR) is 84.0 cm³/mol. The van der Waals surface area contributed by atoms with E-state index >= 15 is 0 Å². The first-order valence-electron chi connectivity index (χ1n) is 7.36. The zero-order chi connectivity index (χ0) is 15.4. The molecule has 1 fully saturated rings. The zero-order valence-corrected chi connectivity index (χ0v) is 13.0. The van der Waals surface area contributed by atoms with Crippen molar-refractivity contribution in [2.75, 3.05) is 18.0 Å². The third kappa shape index (κ3) is 3.74. The van der Waals surface area contributed by atoms with Crippen LogP contribution in [-0.2, 0) is 5.75 Å². The van der Waals surface area contributed by atoms with Crippen LogP contribution < -0.4 is 4.90 Å². The van der Waals surface area contributed by atoms with Crippen molar-refractivity contribution in [2.45, 2.75) is 30.0 Å². The predicted octanol–water partition coefficient (Wildman–Crippen LogP) is 4.04. The molecule has 1 aliphatic heterocycles. The lowest BCUT2D eigenvalue weighted by molar-refractivity contribution is 0.572. The van der Waals surface area contributed by atoms with Gasteiger partial charge in [-0.05, 0) is 37.5 Å². The second-order valence-electron chi connectivity index (χ2n) is 5.29. The molecule has 0 unspecified atom stereocenters. The molecular formula is C16H17F2N3S. The largest absolute Gasteiger partial charge is 0.356 e. The monoisotopic (exact) mass is 321 g/mol. The summed E-state index contributed by atoms with van der Waals surface area (Å²) < 4.78 is 26.8. The molecule has 2 aromatic rings. The van der Waals surface area contributed by atoms with E-state index in [9.17, 15) is 8.78 Å². The summed E-state index contributed by atoms with van der Waals surface area (Å²) in [6, 6.07) is 5.44. The van der Waals surface area contributed by atoms with Crippen molar-refractivity contribution in [3.05, 3.63) is 47.8 Å². The minimum absolute atomic E-state index is 0.347. The average Bonchev–Trinajstić information content (AvgIpc) is 2.57. The van der Waals surface area contributed by atoms with E-state index in [1.807, 2.05) is 6.07 Å². The molecule has 0 saturated carbocycles. The van der Waals surface area contributed by atoms with Crippen LogP contribution in [0.2, 0.25) is 0 Å². The quantitative estimate of drug-likeness (QED) is 0.628. The van der Waals surface area contributed by atoms with Gasteiger partial charge in [0.25, 0.3) is 0 Å². The molecule has 22 heavy (non-hydrogen) atoms. The Labute approximate surface area is 132 Å². The van der Waals surface area contributed by atoms with Crippen LogP contribution in [0.15, 0.2) is 35.6 Å². The number of anilines is 1. The molecule has 1 saturated heterocycles. The van der Waals surface area contributed by atoms with Crippen LogP contribution in [-0.4, -0.2) is 23.1 Å². The summed E-state index contributed by atoms with van der Waals surface area (Å²) >= 11 is 1.39. The van der Waals surface area contributed by atoms with Gasteiger partial charge in [0.2, 0.25) is 0 Å². The number of piperidine rings is 1. The first-order valence-corrected chi connectivity index (χ1v) is 8.34. The molecule has 1 aliphatic rings. The van der Waals surface area contributed by atoms with Crippen molar-refractivity contribution < 1.29 is 8.78 Å². The van der Waals surface area contributed by atoms with E-state index in [4.69, 9.17) is 0 Å². The fourth-order valence-electron chi connectivity index (χ4n) is 2.51. The van der Waals surface area contributed by atoms with Gasteiger partial charge in [0.05, 0.1) is 0 Å². The van der Waals surface area contributed by atoms with Gasteiger partial charge in [-0.15, -0.1) is 11.8 Å². The van der Waals surface area contributed by atoms with Crippen molar-refractivity contribution >= 4 is 17.6 Å². The molecule has 1 aromatic carbocycles. The van der Waals surface area contributed by atoms with E-state index in [1.54, 1.807) is 0 Å². The van der Waals surface area contributed by atoms with Crippen molar-refractivity contribution in [2.24, 2.45) is 0 Å². The van der Waals surface area contributed by atoms with Crippen LogP contribution in [0.3, 0.4) is 0 Å². The SMILES string of the molecule is Fc1ccc(F)c(CSc2cc(N3CCCCC3)ncn2)c1. The average molecular weight is 321 g/mol. The number of hydrogen-bond acceptors (Lipinski definition) is 4. The molecule has 1 aromatic heterocycles. The lowest BCUT2D eigenvalue weighted by atomic mass is 10.1. The highest BCUT2D eigenvalue weighted by molar-refractivity contribution is 7.98. The molecule has 0 spiro atoms. The molecule has 0 atom stereocenters. The fraction of sp³-hybridized carbons (Fsp3) is 0.375. The van der Waals surface area contributed by atoms with Gasteiger partial charge < -0.3 is 4.90 Å². The maximum atomic E-state index is 13.6. The van der Waals surface area contributed by atoms with Crippen LogP contribution >= 0.6 is 11.8 Å². The van der Waals surface area contributed by atoms with E-state index in [1.165, 1.54) is 43.4 Å². The van der Waals surface area contributed by atoms with Crippen molar-refractivity contribution in [1.29, 1.82) is 0 Å². The van der Waals surface area contributed by atoms with Crippen molar-refractivity contribution in [1.82, 2.24) is 9.97 Å². The second-order valence-corrected chi connectivity index (χ2v) is 6.28. The van der Waals surface area contributed by atoms with E-state index in [-0.39, 0.29) is 5.82 Å². The third-order valence-electron chi connectivity index (χ3n) is 3.69. The van der Waals surface area contributed by atoms with Gasteiger partial charge in [-0.3, -0.25) is 0 Å². The Bertz CT molecular complexity index is 645. The Morgan fingerprint density at radius 3 is 2.68 bits per heavy atom. The highest BCUT2D eigenvalue weighted by atomic mass is 32.2. The summed E-state index contributed by atoms with van der Waals surface area (Å²) in [6.45, 7) is 2.03. The Kier molecular flexibility index (Phi) is 4.87. The topological polar surface area (TPSA) is 29.0 Å². The normalized spacial score (nSPS) is 15.1. The van der Waals surface area contributed by atoms with Gasteiger partial charge in [0, 0.05) is 30.5 Å². The summed E-state index contributed by atoms with van der Waals surface area (Å²) in [4.78, 5) is 10.8. The van der Waals surface area contributed by atoms with Gasteiger partial charge in [-0.1, -0.05) is 0 Å². The van der Waals surface area contributed by atoms with Crippen molar-refractivity contribution in [3.8, 4) is 0 Å². The van der Waals surface area contributed by atoms with Crippen LogP contribution in [0, 0.1) is 11.6 Å². The Balaban J connectivity index is 1.68. The second kappa shape index (κ2) is 7.05. The summed E-state index contributed by atoms with van der Waals surface area (Å²) in [5.41, 5.74) is 0.350. The van der Waals surface area contributed by atoms with Gasteiger partial charge in [-0.2, -0.15) is 0 Å². The minimum atomic E-state index is -0.423. The standard InChI is InChI=1S/C16H17F2N3S/c17-13-4-5-14(18)12(8-13)10-22-16-9-15(19-11-20-16)21-6-2-1-3-7-21/h4-5,8-9,11H,1-3,6-7,10H2. The number of aromatic nitrogens is 2. The Morgan fingerprint density at radius 2 is 1.86 bits per heavy atom. The molecule has 3 nitrogen and oxygen atoms in total. The number of halogens is 2. The van der Waals surface area contributed by atoms with Crippen LogP contribution in [0.4, 0.5) is 14.6 Å². The molecule has 6 heteroatoms. The van der Waals surface area contributed by atoms with Gasteiger partial charge in [-0.25, -0.2) is 18.7 Å². The summed E-state index contributed by atoms with van der Waals surface area (Å²) in [6.07, 6.45) is 5.16. The Hall–Kier alpha value is -1.69. The van der Waals surface area contributed by atoms with Gasteiger partial charge in [0.15, 0.2) is 0 Å². The molecule has 0 amide bonds. The molecular weight excluding hydrogens is 304 g/mol. The first-order chi connectivity index (χ1) is 10.7. The molecule has 3 rings (SSSR count). The highest BCUT2D eigenvalue weighted by Crippen LogP contribution is 2.26. The van der Waals surface area contributed by atoms with Crippen molar-refractivity contribution in [3.63, 3.8) is 0 Å². The molecule has 2 heterocycles. The van der Waals surface area contributed by atoms with Crippen LogP contribution in [0.5, 0.6) is 0 Å². The van der Waals surface area contributed by atoms with E-state index in [2.05, 4.69) is 14.9 Å². The zero-order valence-electron chi connectivity index (χ0n) is 12.1. The Morgan fingerprint density at radius 1 is 1.05 bits per heavy atom. The van der Waals surface area contributed by atoms with Gasteiger partial charge in [0.1, 0.15) is 28.8 Å². The molecule has 0 radical (unpaired) electrons. The molecule has 0 aliphatic carbocycles. The minimum Gasteiger partial charge on any atom is -0.356 e. The number of hydrogen-bond donors (Lipinski definition) is 0. The lowest BCUT2D eigenvalue weighted by Crippen LogP contribution is -2.30.